The lowest BCUT2D eigenvalue weighted by molar-refractivity contribution is 0.0688. The molecule has 0 spiro atoms. The van der Waals surface area contributed by atoms with E-state index in [0.717, 1.165) is 11.3 Å². The molecule has 1 aromatic heterocycles. The van der Waals surface area contributed by atoms with Crippen molar-refractivity contribution in [1.82, 2.24) is 4.98 Å². The minimum atomic E-state index is -1.11. The Bertz CT molecular complexity index is 541. The molecule has 0 fully saturated rings. The monoisotopic (exact) mass is 253 g/mol. The average molecular weight is 253 g/mol. The van der Waals surface area contributed by atoms with Gasteiger partial charge in [-0.2, -0.15) is 0 Å². The Kier molecular flexibility index (Phi) is 3.34. The molecule has 0 aliphatic heterocycles. The van der Waals surface area contributed by atoms with Gasteiger partial charge in [-0.1, -0.05) is 12.1 Å². The average Bonchev–Trinajstić information content (AvgIpc) is 2.76. The Hall–Kier alpha value is -1.95. The molecule has 2 rings (SSSR count). The maximum absolute atomic E-state index is 13.2. The Morgan fingerprint density at radius 1 is 1.47 bits per heavy atom. The number of rotatable bonds is 4. The molecule has 0 amide bonds. The molecule has 2 aromatic rings. The summed E-state index contributed by atoms with van der Waals surface area (Å²) in [5, 5.41) is 8.82. The smallest absolute Gasteiger partial charge is 0.355 e. The highest BCUT2D eigenvalue weighted by Gasteiger charge is 2.14. The lowest BCUT2D eigenvalue weighted by Crippen LogP contribution is -2.04. The van der Waals surface area contributed by atoms with E-state index in [1.54, 1.807) is 12.1 Å². The number of hydrogen-bond acceptors (Lipinski definition) is 4. The Morgan fingerprint density at radius 3 is 2.94 bits per heavy atom. The van der Waals surface area contributed by atoms with Crippen LogP contribution in [0.4, 0.5) is 4.39 Å². The van der Waals surface area contributed by atoms with Crippen molar-refractivity contribution in [2.24, 2.45) is 0 Å². The molecule has 0 saturated heterocycles. The molecule has 17 heavy (non-hydrogen) atoms. The first-order valence-corrected chi connectivity index (χ1v) is 5.59. The van der Waals surface area contributed by atoms with Gasteiger partial charge in [0, 0.05) is 0 Å². The number of aromatic carboxylic acids is 1. The standard InChI is InChI=1S/C11H8FNO3S/c12-7-3-1-2-4-8(7)16-5-9-10(11(14)15)13-6-17-9/h1-4,6H,5H2,(H,14,15). The molecule has 1 heterocycles. The van der Waals surface area contributed by atoms with Crippen LogP contribution in [0.5, 0.6) is 5.75 Å². The second-order valence-electron chi connectivity index (χ2n) is 3.15. The number of benzene rings is 1. The first kappa shape index (κ1) is 11.5. The fourth-order valence-electron chi connectivity index (χ4n) is 1.25. The summed E-state index contributed by atoms with van der Waals surface area (Å²) in [7, 11) is 0. The Morgan fingerprint density at radius 2 is 2.24 bits per heavy atom. The van der Waals surface area contributed by atoms with Crippen molar-refractivity contribution in [3.05, 3.63) is 46.2 Å². The van der Waals surface area contributed by atoms with E-state index in [1.807, 2.05) is 0 Å². The van der Waals surface area contributed by atoms with E-state index in [1.165, 1.54) is 17.6 Å². The lowest BCUT2D eigenvalue weighted by Gasteiger charge is -2.05. The van der Waals surface area contributed by atoms with Crippen molar-refractivity contribution >= 4 is 17.3 Å². The number of hydrogen-bond donors (Lipinski definition) is 1. The number of aromatic nitrogens is 1. The van der Waals surface area contributed by atoms with Crippen LogP contribution >= 0.6 is 11.3 Å². The zero-order chi connectivity index (χ0) is 12.3. The van der Waals surface area contributed by atoms with Gasteiger partial charge >= 0.3 is 5.97 Å². The molecule has 1 aromatic carbocycles. The van der Waals surface area contributed by atoms with E-state index < -0.39 is 11.8 Å². The molecular weight excluding hydrogens is 245 g/mol. The van der Waals surface area contributed by atoms with Gasteiger partial charge < -0.3 is 9.84 Å². The summed E-state index contributed by atoms with van der Waals surface area (Å²) in [5.74, 6) is -1.50. The van der Waals surface area contributed by atoms with Gasteiger partial charge in [0.1, 0.15) is 6.61 Å². The van der Waals surface area contributed by atoms with Crippen LogP contribution in [-0.2, 0) is 6.61 Å². The predicted octanol–water partition coefficient (Wildman–Crippen LogP) is 2.56. The Balaban J connectivity index is 2.10. The van der Waals surface area contributed by atoms with Crippen LogP contribution in [0.25, 0.3) is 0 Å². The van der Waals surface area contributed by atoms with E-state index in [-0.39, 0.29) is 18.1 Å². The zero-order valence-corrected chi connectivity index (χ0v) is 9.41. The van der Waals surface area contributed by atoms with Crippen molar-refractivity contribution < 1.29 is 19.0 Å². The molecule has 0 unspecified atom stereocenters. The SMILES string of the molecule is O=C(O)c1ncsc1COc1ccccc1F. The maximum Gasteiger partial charge on any atom is 0.355 e. The number of carbonyl (C=O) groups is 1. The quantitative estimate of drug-likeness (QED) is 0.909. The first-order chi connectivity index (χ1) is 8.18. The summed E-state index contributed by atoms with van der Waals surface area (Å²) < 4.78 is 18.4. The molecular formula is C11H8FNO3S. The molecule has 6 heteroatoms. The number of para-hydroxylation sites is 1. The summed E-state index contributed by atoms with van der Waals surface area (Å²) in [5.41, 5.74) is 1.37. The molecule has 0 atom stereocenters. The molecule has 1 N–H and O–H groups in total. The van der Waals surface area contributed by atoms with Crippen LogP contribution in [-0.4, -0.2) is 16.1 Å². The number of carboxylic acid groups (broad SMARTS) is 1. The van der Waals surface area contributed by atoms with E-state index in [4.69, 9.17) is 9.84 Å². The van der Waals surface area contributed by atoms with Crippen molar-refractivity contribution in [2.45, 2.75) is 6.61 Å². The van der Waals surface area contributed by atoms with E-state index in [2.05, 4.69) is 4.98 Å². The van der Waals surface area contributed by atoms with Crippen LogP contribution in [0.15, 0.2) is 29.8 Å². The number of carboxylic acids is 1. The van der Waals surface area contributed by atoms with Gasteiger partial charge in [0.2, 0.25) is 0 Å². The minimum Gasteiger partial charge on any atom is -0.485 e. The molecule has 0 aliphatic rings. The Labute approximate surface area is 100 Å². The fourth-order valence-corrected chi connectivity index (χ4v) is 1.92. The van der Waals surface area contributed by atoms with Gasteiger partial charge in [-0.15, -0.1) is 11.3 Å². The second kappa shape index (κ2) is 4.92. The largest absolute Gasteiger partial charge is 0.485 e. The number of ether oxygens (including phenoxy) is 1. The summed E-state index contributed by atoms with van der Waals surface area (Å²) >= 11 is 1.16. The predicted molar refractivity (Wildman–Crippen MR) is 59.8 cm³/mol. The maximum atomic E-state index is 13.2. The molecule has 4 nitrogen and oxygen atoms in total. The van der Waals surface area contributed by atoms with Gasteiger partial charge in [0.15, 0.2) is 17.3 Å². The molecule has 0 aliphatic carbocycles. The third-order valence-electron chi connectivity index (χ3n) is 2.04. The van der Waals surface area contributed by atoms with Crippen molar-refractivity contribution in [3.63, 3.8) is 0 Å². The second-order valence-corrected chi connectivity index (χ2v) is 4.09. The highest BCUT2D eigenvalue weighted by Crippen LogP contribution is 2.20. The van der Waals surface area contributed by atoms with Crippen molar-refractivity contribution in [1.29, 1.82) is 0 Å². The molecule has 0 bridgehead atoms. The highest BCUT2D eigenvalue weighted by atomic mass is 32.1. The summed E-state index contributed by atoms with van der Waals surface area (Å²) in [6.07, 6.45) is 0. The van der Waals surface area contributed by atoms with Crippen molar-refractivity contribution in [3.8, 4) is 5.75 Å². The third kappa shape index (κ3) is 2.59. The van der Waals surface area contributed by atoms with Gasteiger partial charge in [0.05, 0.1) is 10.4 Å². The highest BCUT2D eigenvalue weighted by molar-refractivity contribution is 7.09. The van der Waals surface area contributed by atoms with E-state index in [0.29, 0.717) is 4.88 Å². The van der Waals surface area contributed by atoms with Crippen LogP contribution in [0, 0.1) is 5.82 Å². The topological polar surface area (TPSA) is 59.4 Å². The van der Waals surface area contributed by atoms with E-state index in [9.17, 15) is 9.18 Å². The summed E-state index contributed by atoms with van der Waals surface area (Å²) in [6, 6.07) is 5.96. The van der Waals surface area contributed by atoms with Crippen LogP contribution < -0.4 is 4.74 Å². The minimum absolute atomic E-state index is 0.00671. The number of thiazole rings is 1. The van der Waals surface area contributed by atoms with Crippen LogP contribution in [0.1, 0.15) is 15.4 Å². The summed E-state index contributed by atoms with van der Waals surface area (Å²) in [4.78, 5) is 14.9. The molecule has 0 saturated carbocycles. The van der Waals surface area contributed by atoms with Crippen molar-refractivity contribution in [2.75, 3.05) is 0 Å². The van der Waals surface area contributed by atoms with Gasteiger partial charge in [-0.3, -0.25) is 0 Å². The zero-order valence-electron chi connectivity index (χ0n) is 8.59. The summed E-state index contributed by atoms with van der Waals surface area (Å²) in [6.45, 7) is -0.00671. The number of nitrogens with zero attached hydrogens (tertiary/aromatic N) is 1. The van der Waals surface area contributed by atoms with Crippen LogP contribution in [0.2, 0.25) is 0 Å². The third-order valence-corrected chi connectivity index (χ3v) is 2.85. The van der Waals surface area contributed by atoms with Crippen LogP contribution in [0.3, 0.4) is 0 Å². The normalized spacial score (nSPS) is 10.2. The van der Waals surface area contributed by atoms with Gasteiger partial charge in [-0.25, -0.2) is 14.2 Å². The fraction of sp³-hybridized carbons (Fsp3) is 0.0909. The van der Waals surface area contributed by atoms with Gasteiger partial charge in [-0.05, 0) is 12.1 Å². The molecule has 0 radical (unpaired) electrons. The lowest BCUT2D eigenvalue weighted by atomic mass is 10.3. The molecule has 88 valence electrons. The van der Waals surface area contributed by atoms with Gasteiger partial charge in [0.25, 0.3) is 0 Å². The first-order valence-electron chi connectivity index (χ1n) is 4.71. The van der Waals surface area contributed by atoms with E-state index >= 15 is 0 Å². The number of halogens is 1.